The largest absolute Gasteiger partial charge is 0.397 e. The molecule has 8 nitrogen and oxygen atoms in total. The summed E-state index contributed by atoms with van der Waals surface area (Å²) >= 11 is 0. The van der Waals surface area contributed by atoms with Gasteiger partial charge in [-0.15, -0.1) is 0 Å². The predicted molar refractivity (Wildman–Crippen MR) is 93.9 cm³/mol. The van der Waals surface area contributed by atoms with Crippen LogP contribution in [-0.4, -0.2) is 20.2 Å². The van der Waals surface area contributed by atoms with Crippen LogP contribution in [0.2, 0.25) is 0 Å². The fourth-order valence-corrected chi connectivity index (χ4v) is 2.53. The maximum absolute atomic E-state index is 11.9. The summed E-state index contributed by atoms with van der Waals surface area (Å²) in [6.07, 6.45) is 0. The molecule has 0 fully saturated rings. The second kappa shape index (κ2) is 7.32. The van der Waals surface area contributed by atoms with Crippen molar-refractivity contribution in [3.8, 4) is 0 Å². The van der Waals surface area contributed by atoms with Crippen molar-refractivity contribution < 1.29 is 18.0 Å². The molecule has 132 valence electrons. The van der Waals surface area contributed by atoms with Gasteiger partial charge in [-0.3, -0.25) is 9.59 Å². The number of primary sulfonamides is 1. The van der Waals surface area contributed by atoms with Crippen molar-refractivity contribution in [1.82, 2.24) is 5.32 Å². The number of rotatable bonds is 4. The number of carbonyl (C=O) groups excluding carboxylic acids is 2. The minimum atomic E-state index is -3.77. The monoisotopic (exact) mass is 362 g/mol. The van der Waals surface area contributed by atoms with Crippen LogP contribution in [0.4, 0.5) is 11.4 Å². The first-order valence-electron chi connectivity index (χ1n) is 7.24. The van der Waals surface area contributed by atoms with E-state index >= 15 is 0 Å². The molecule has 2 rings (SSSR count). The van der Waals surface area contributed by atoms with Crippen LogP contribution in [0.25, 0.3) is 0 Å². The lowest BCUT2D eigenvalue weighted by atomic mass is 10.2. The second-order valence-electron chi connectivity index (χ2n) is 5.42. The minimum Gasteiger partial charge on any atom is -0.397 e. The van der Waals surface area contributed by atoms with Gasteiger partial charge in [0, 0.05) is 6.54 Å². The molecule has 0 saturated heterocycles. The summed E-state index contributed by atoms with van der Waals surface area (Å²) in [5.41, 5.74) is 7.96. The van der Waals surface area contributed by atoms with E-state index in [1.54, 1.807) is 18.2 Å². The third kappa shape index (κ3) is 5.03. The molecular weight excluding hydrogens is 344 g/mol. The van der Waals surface area contributed by atoms with Gasteiger partial charge in [0.2, 0.25) is 10.0 Å². The van der Waals surface area contributed by atoms with E-state index in [0.29, 0.717) is 16.9 Å². The molecule has 0 bridgehead atoms. The first kappa shape index (κ1) is 18.4. The molecule has 0 aromatic heterocycles. The molecule has 6 N–H and O–H groups in total. The minimum absolute atomic E-state index is 0.0322. The third-order valence-corrected chi connectivity index (χ3v) is 4.30. The Balaban J connectivity index is 1.95. The normalized spacial score (nSPS) is 11.0. The Morgan fingerprint density at radius 1 is 1.04 bits per heavy atom. The highest BCUT2D eigenvalue weighted by Crippen LogP contribution is 2.19. The lowest BCUT2D eigenvalue weighted by molar-refractivity contribution is -0.136. The van der Waals surface area contributed by atoms with Gasteiger partial charge >= 0.3 is 11.8 Å². The van der Waals surface area contributed by atoms with Gasteiger partial charge in [0.25, 0.3) is 0 Å². The van der Waals surface area contributed by atoms with Crippen LogP contribution >= 0.6 is 0 Å². The van der Waals surface area contributed by atoms with Crippen LogP contribution in [0.1, 0.15) is 11.1 Å². The Morgan fingerprint density at radius 3 is 2.28 bits per heavy atom. The number of anilines is 2. The molecule has 2 aromatic carbocycles. The molecule has 0 radical (unpaired) electrons. The van der Waals surface area contributed by atoms with Gasteiger partial charge in [0.15, 0.2) is 0 Å². The van der Waals surface area contributed by atoms with Gasteiger partial charge < -0.3 is 16.4 Å². The van der Waals surface area contributed by atoms with Crippen molar-refractivity contribution in [2.24, 2.45) is 5.14 Å². The number of benzene rings is 2. The number of hydrogen-bond donors (Lipinski definition) is 4. The number of hydrogen-bond acceptors (Lipinski definition) is 5. The van der Waals surface area contributed by atoms with E-state index in [0.717, 1.165) is 5.56 Å². The van der Waals surface area contributed by atoms with Crippen molar-refractivity contribution in [3.05, 3.63) is 53.6 Å². The molecule has 9 heteroatoms. The number of nitrogens with one attached hydrogen (secondary N) is 2. The predicted octanol–water partition coefficient (Wildman–Crippen LogP) is 0.480. The molecule has 0 saturated carbocycles. The van der Waals surface area contributed by atoms with E-state index in [2.05, 4.69) is 10.6 Å². The molecule has 0 heterocycles. The molecule has 2 aromatic rings. The number of nitrogen functional groups attached to an aromatic ring is 1. The lowest BCUT2D eigenvalue weighted by Crippen LogP contribution is -2.35. The highest BCUT2D eigenvalue weighted by Gasteiger charge is 2.15. The summed E-state index contributed by atoms with van der Waals surface area (Å²) in [6.45, 7) is 1.89. The van der Waals surface area contributed by atoms with Crippen LogP contribution in [0.15, 0.2) is 47.4 Å². The Hall–Kier alpha value is -2.91. The zero-order valence-corrected chi connectivity index (χ0v) is 14.3. The maximum atomic E-state index is 11.9. The summed E-state index contributed by atoms with van der Waals surface area (Å²) < 4.78 is 22.3. The number of aryl methyl sites for hydroxylation is 1. The van der Waals surface area contributed by atoms with Gasteiger partial charge in [0.05, 0.1) is 16.3 Å². The van der Waals surface area contributed by atoms with E-state index in [-0.39, 0.29) is 11.4 Å². The average Bonchev–Trinajstić information content (AvgIpc) is 2.55. The zero-order valence-electron chi connectivity index (χ0n) is 13.4. The van der Waals surface area contributed by atoms with Gasteiger partial charge in [0.1, 0.15) is 0 Å². The van der Waals surface area contributed by atoms with Crippen LogP contribution in [0, 0.1) is 6.92 Å². The smallest absolute Gasteiger partial charge is 0.313 e. The third-order valence-electron chi connectivity index (χ3n) is 3.37. The van der Waals surface area contributed by atoms with Crippen LogP contribution in [0.3, 0.4) is 0 Å². The number of carbonyl (C=O) groups is 2. The Bertz CT molecular complexity index is 908. The van der Waals surface area contributed by atoms with Crippen LogP contribution in [0.5, 0.6) is 0 Å². The number of amides is 2. The molecule has 0 aliphatic carbocycles. The molecule has 0 unspecified atom stereocenters. The molecule has 0 aliphatic heterocycles. The summed E-state index contributed by atoms with van der Waals surface area (Å²) in [7, 11) is -3.77. The number of nitrogens with two attached hydrogens (primary N) is 2. The van der Waals surface area contributed by atoms with Crippen molar-refractivity contribution >= 4 is 33.2 Å². The fraction of sp³-hybridized carbons (Fsp3) is 0.125. The van der Waals surface area contributed by atoms with E-state index < -0.39 is 21.8 Å². The van der Waals surface area contributed by atoms with Crippen LogP contribution < -0.4 is 21.5 Å². The van der Waals surface area contributed by atoms with E-state index in [1.807, 2.05) is 6.92 Å². The molecular formula is C16H18N4O4S. The standard InChI is InChI=1S/C16H18N4O4S/c1-10-2-7-13(17)14(8-10)20-16(22)15(21)19-9-11-3-5-12(6-4-11)25(18,23)24/h2-8H,9,17H2,1H3,(H,19,21)(H,20,22)(H2,18,23,24). The van der Waals surface area contributed by atoms with E-state index in [4.69, 9.17) is 10.9 Å². The highest BCUT2D eigenvalue weighted by atomic mass is 32.2. The molecule has 0 atom stereocenters. The van der Waals surface area contributed by atoms with E-state index in [1.165, 1.54) is 24.3 Å². The Labute approximate surface area is 145 Å². The van der Waals surface area contributed by atoms with Gasteiger partial charge in [-0.1, -0.05) is 18.2 Å². The average molecular weight is 362 g/mol. The van der Waals surface area contributed by atoms with Crippen molar-refractivity contribution in [3.63, 3.8) is 0 Å². The van der Waals surface area contributed by atoms with Crippen molar-refractivity contribution in [1.29, 1.82) is 0 Å². The van der Waals surface area contributed by atoms with Gasteiger partial charge in [-0.2, -0.15) is 0 Å². The highest BCUT2D eigenvalue weighted by molar-refractivity contribution is 7.89. The van der Waals surface area contributed by atoms with Gasteiger partial charge in [-0.05, 0) is 42.3 Å². The summed E-state index contributed by atoms with van der Waals surface area (Å²) in [5, 5.41) is 9.89. The number of sulfonamides is 1. The first-order valence-corrected chi connectivity index (χ1v) is 8.78. The summed E-state index contributed by atoms with van der Waals surface area (Å²) in [5.74, 6) is -1.69. The Kier molecular flexibility index (Phi) is 5.40. The van der Waals surface area contributed by atoms with Crippen LogP contribution in [-0.2, 0) is 26.2 Å². The topological polar surface area (TPSA) is 144 Å². The summed E-state index contributed by atoms with van der Waals surface area (Å²) in [6, 6.07) is 10.7. The molecule has 0 aliphatic rings. The molecule has 2 amide bonds. The van der Waals surface area contributed by atoms with Crippen molar-refractivity contribution in [2.75, 3.05) is 11.1 Å². The quantitative estimate of drug-likeness (QED) is 0.462. The fourth-order valence-electron chi connectivity index (χ4n) is 2.02. The second-order valence-corrected chi connectivity index (χ2v) is 6.98. The first-order chi connectivity index (χ1) is 11.7. The SMILES string of the molecule is Cc1ccc(N)c(NC(=O)C(=O)NCc2ccc(S(N)(=O)=O)cc2)c1. The van der Waals surface area contributed by atoms with Crippen molar-refractivity contribution in [2.45, 2.75) is 18.4 Å². The van der Waals surface area contributed by atoms with Gasteiger partial charge in [-0.25, -0.2) is 13.6 Å². The maximum Gasteiger partial charge on any atom is 0.313 e. The molecule has 0 spiro atoms. The lowest BCUT2D eigenvalue weighted by Gasteiger charge is -2.09. The molecule has 25 heavy (non-hydrogen) atoms. The van der Waals surface area contributed by atoms with E-state index in [9.17, 15) is 18.0 Å². The summed E-state index contributed by atoms with van der Waals surface area (Å²) in [4.78, 5) is 23.7. The zero-order chi connectivity index (χ0) is 18.6. The Morgan fingerprint density at radius 2 is 1.68 bits per heavy atom.